The molecule has 3 N–H and O–H groups in total. The lowest BCUT2D eigenvalue weighted by atomic mass is 9.58. The molecule has 1 heterocycles. The van der Waals surface area contributed by atoms with Crippen LogP contribution in [0, 0.1) is 0 Å². The maximum Gasteiger partial charge on any atom is 0.407 e. The molecule has 0 aromatic heterocycles. The molecule has 8 nitrogen and oxygen atoms in total. The van der Waals surface area contributed by atoms with Crippen LogP contribution in [0.2, 0.25) is 5.02 Å². The van der Waals surface area contributed by atoms with Crippen molar-refractivity contribution in [1.29, 1.82) is 0 Å². The molecule has 0 spiro atoms. The number of carbonyl (C=O) groups excluding carboxylic acids is 1. The first kappa shape index (κ1) is 29.6. The number of halogens is 1. The summed E-state index contributed by atoms with van der Waals surface area (Å²) in [6, 6.07) is 14.7. The summed E-state index contributed by atoms with van der Waals surface area (Å²) >= 11 is 6.17. The molecule has 2 aromatic carbocycles. The van der Waals surface area contributed by atoms with Gasteiger partial charge in [0.25, 0.3) is 0 Å². The molecule has 1 amide bonds. The third-order valence-corrected chi connectivity index (χ3v) is 9.05. The van der Waals surface area contributed by atoms with Crippen molar-refractivity contribution >= 4 is 27.7 Å². The minimum absolute atomic E-state index is 0.0382. The van der Waals surface area contributed by atoms with E-state index in [-0.39, 0.29) is 36.9 Å². The van der Waals surface area contributed by atoms with Gasteiger partial charge < -0.3 is 20.1 Å². The van der Waals surface area contributed by atoms with E-state index in [1.165, 1.54) is 23.1 Å². The zero-order chi connectivity index (χ0) is 28.1. The summed E-state index contributed by atoms with van der Waals surface area (Å²) in [5, 5.41) is 7.06. The molecule has 214 valence electrons. The maximum atomic E-state index is 12.3. The lowest BCUT2D eigenvalue weighted by Crippen LogP contribution is -2.49. The van der Waals surface area contributed by atoms with Gasteiger partial charge in [-0.3, -0.25) is 0 Å². The Balaban J connectivity index is 1.29. The van der Waals surface area contributed by atoms with Crippen molar-refractivity contribution < 1.29 is 22.7 Å². The lowest BCUT2D eigenvalue weighted by Gasteiger charge is -2.50. The quantitative estimate of drug-likeness (QED) is 0.329. The monoisotopic (exact) mass is 577 g/mol. The highest BCUT2D eigenvalue weighted by Gasteiger charge is 2.47. The van der Waals surface area contributed by atoms with E-state index >= 15 is 0 Å². The molecule has 39 heavy (non-hydrogen) atoms. The number of ether oxygens (including phenoxy) is 2. The lowest BCUT2D eigenvalue weighted by molar-refractivity contribution is 0.0529. The molecule has 10 heteroatoms. The number of hydrogen-bond donors (Lipinski definition) is 3. The molecular formula is C29H40ClN3O5S. The van der Waals surface area contributed by atoms with Crippen LogP contribution >= 0.6 is 11.6 Å². The van der Waals surface area contributed by atoms with E-state index in [1.54, 1.807) is 20.8 Å². The van der Waals surface area contributed by atoms with Crippen LogP contribution in [0.4, 0.5) is 4.79 Å². The second-order valence-corrected chi connectivity index (χ2v) is 13.7. The van der Waals surface area contributed by atoms with Crippen molar-refractivity contribution in [2.45, 2.75) is 69.9 Å². The van der Waals surface area contributed by atoms with Gasteiger partial charge in [0, 0.05) is 29.6 Å². The van der Waals surface area contributed by atoms with Crippen LogP contribution in [0.3, 0.4) is 0 Å². The average molecular weight is 578 g/mol. The highest BCUT2D eigenvalue weighted by atomic mass is 35.5. The van der Waals surface area contributed by atoms with Gasteiger partial charge >= 0.3 is 6.09 Å². The average Bonchev–Trinajstić information content (AvgIpc) is 2.84. The number of carbonyl (C=O) groups is 1. The molecule has 1 fully saturated rings. The molecule has 4 rings (SSSR count). The van der Waals surface area contributed by atoms with Gasteiger partial charge in [-0.1, -0.05) is 36.2 Å². The Morgan fingerprint density at radius 2 is 1.87 bits per heavy atom. The zero-order valence-corrected chi connectivity index (χ0v) is 24.6. The van der Waals surface area contributed by atoms with Crippen molar-refractivity contribution in [3.8, 4) is 5.75 Å². The summed E-state index contributed by atoms with van der Waals surface area (Å²) in [5.41, 5.74) is 3.34. The summed E-state index contributed by atoms with van der Waals surface area (Å²) in [6.07, 6.45) is 4.18. The van der Waals surface area contributed by atoms with Crippen LogP contribution < -0.4 is 20.1 Å². The van der Waals surface area contributed by atoms with E-state index in [4.69, 9.17) is 21.1 Å². The van der Waals surface area contributed by atoms with Crippen LogP contribution in [0.15, 0.2) is 42.5 Å². The largest absolute Gasteiger partial charge is 0.494 e. The molecule has 1 unspecified atom stereocenters. The molecular weight excluding hydrogens is 538 g/mol. The first-order valence-electron chi connectivity index (χ1n) is 13.7. The Morgan fingerprint density at radius 1 is 1.13 bits per heavy atom. The van der Waals surface area contributed by atoms with Crippen molar-refractivity contribution in [3.05, 3.63) is 64.2 Å². The first-order chi connectivity index (χ1) is 18.5. The van der Waals surface area contributed by atoms with Crippen molar-refractivity contribution in [3.63, 3.8) is 0 Å². The Kier molecular flexibility index (Phi) is 9.47. The van der Waals surface area contributed by atoms with E-state index < -0.39 is 21.7 Å². The first-order valence-corrected chi connectivity index (χ1v) is 15.7. The second kappa shape index (κ2) is 12.5. The minimum atomic E-state index is -3.48. The molecule has 1 atom stereocenters. The Bertz CT molecular complexity index is 1240. The Labute approximate surface area is 237 Å². The summed E-state index contributed by atoms with van der Waals surface area (Å²) in [4.78, 5) is 11.7. The number of hydrogen-bond acceptors (Lipinski definition) is 6. The highest BCUT2D eigenvalue weighted by molar-refractivity contribution is 7.89. The topological polar surface area (TPSA) is 106 Å². The van der Waals surface area contributed by atoms with Gasteiger partial charge in [0.1, 0.15) is 11.4 Å². The van der Waals surface area contributed by atoms with E-state index in [1.807, 2.05) is 18.2 Å². The van der Waals surface area contributed by atoms with Gasteiger partial charge in [-0.2, -0.15) is 0 Å². The van der Waals surface area contributed by atoms with Crippen molar-refractivity contribution in [2.75, 3.05) is 32.0 Å². The smallest absolute Gasteiger partial charge is 0.407 e. The van der Waals surface area contributed by atoms with Crippen molar-refractivity contribution in [1.82, 2.24) is 15.4 Å². The SMILES string of the molecule is CC(C)(C)OC(=O)NCCNS(=O)(=O)CCCOc1ccc2c(c1)C(C1(c3ccc(Cl)cc3)CCC1)NCC2. The van der Waals surface area contributed by atoms with Gasteiger partial charge in [-0.15, -0.1) is 0 Å². The minimum Gasteiger partial charge on any atom is -0.494 e. The molecule has 1 aliphatic carbocycles. The van der Waals surface area contributed by atoms with Crippen LogP contribution in [0.1, 0.15) is 69.2 Å². The molecule has 0 radical (unpaired) electrons. The summed E-state index contributed by atoms with van der Waals surface area (Å²) in [6.45, 7) is 6.76. The molecule has 1 saturated carbocycles. The van der Waals surface area contributed by atoms with E-state index in [2.05, 4.69) is 39.6 Å². The van der Waals surface area contributed by atoms with Crippen LogP contribution in [0.5, 0.6) is 5.75 Å². The van der Waals surface area contributed by atoms with E-state index in [0.717, 1.165) is 36.6 Å². The number of fused-ring (bicyclic) bond motifs is 1. The van der Waals surface area contributed by atoms with Gasteiger partial charge in [0.05, 0.1) is 12.4 Å². The zero-order valence-electron chi connectivity index (χ0n) is 23.0. The van der Waals surface area contributed by atoms with Gasteiger partial charge in [-0.05, 0) is 94.0 Å². The fraction of sp³-hybridized carbons (Fsp3) is 0.552. The number of sulfonamides is 1. The molecule has 0 saturated heterocycles. The molecule has 2 aliphatic rings. The van der Waals surface area contributed by atoms with Gasteiger partial charge in [0.2, 0.25) is 10.0 Å². The van der Waals surface area contributed by atoms with E-state index in [0.29, 0.717) is 6.42 Å². The van der Waals surface area contributed by atoms with Crippen molar-refractivity contribution in [2.24, 2.45) is 0 Å². The maximum absolute atomic E-state index is 12.3. The van der Waals surface area contributed by atoms with Crippen LogP contribution in [-0.2, 0) is 26.6 Å². The number of rotatable bonds is 11. The number of nitrogens with one attached hydrogen (secondary N) is 3. The highest BCUT2D eigenvalue weighted by Crippen LogP contribution is 2.53. The fourth-order valence-electron chi connectivity index (χ4n) is 5.39. The number of benzene rings is 2. The summed E-state index contributed by atoms with van der Waals surface area (Å²) in [7, 11) is -3.48. The van der Waals surface area contributed by atoms with Gasteiger partial charge in [0.15, 0.2) is 0 Å². The normalized spacial score (nSPS) is 18.5. The molecule has 0 bridgehead atoms. The fourth-order valence-corrected chi connectivity index (χ4v) is 6.57. The summed E-state index contributed by atoms with van der Waals surface area (Å²) < 4.78 is 38.3. The van der Waals surface area contributed by atoms with Crippen LogP contribution in [-0.4, -0.2) is 52.1 Å². The predicted octanol–water partition coefficient (Wildman–Crippen LogP) is 4.86. The number of amides is 1. The molecule has 1 aliphatic heterocycles. The predicted molar refractivity (Wildman–Crippen MR) is 154 cm³/mol. The van der Waals surface area contributed by atoms with Crippen LogP contribution in [0.25, 0.3) is 0 Å². The summed E-state index contributed by atoms with van der Waals surface area (Å²) in [5.74, 6) is 0.689. The standard InChI is InChI=1S/C29H40ClN3O5S/c1-28(2,3)38-27(34)32-16-17-33-39(35,36)19-5-18-37-24-11-6-21-12-15-31-26(25(21)20-24)29(13-4-14-29)22-7-9-23(30)10-8-22/h6-11,20,26,31,33H,4-5,12-19H2,1-3H3,(H,32,34). The Morgan fingerprint density at radius 3 is 2.54 bits per heavy atom. The second-order valence-electron chi connectivity index (χ2n) is 11.4. The number of alkyl carbamates (subject to hydrolysis) is 1. The third-order valence-electron chi connectivity index (χ3n) is 7.33. The van der Waals surface area contributed by atoms with Gasteiger partial charge in [-0.25, -0.2) is 17.9 Å². The third kappa shape index (κ3) is 7.87. The molecule has 2 aromatic rings. The van der Waals surface area contributed by atoms with E-state index in [9.17, 15) is 13.2 Å². The Hall–Kier alpha value is -2.33.